The molecule has 0 aliphatic carbocycles. The third-order valence-electron chi connectivity index (χ3n) is 0.651. The summed E-state index contributed by atoms with van der Waals surface area (Å²) >= 11 is 1.61. The molecule has 0 saturated carbocycles. The summed E-state index contributed by atoms with van der Waals surface area (Å²) in [6.45, 7) is 1.36. The average molecular weight is 172 g/mol. The molecule has 0 rings (SSSR count). The molecule has 0 amide bonds. The van der Waals surface area contributed by atoms with Crippen LogP contribution in [0.5, 0.6) is 0 Å². The van der Waals surface area contributed by atoms with Crippen molar-refractivity contribution in [2.75, 3.05) is 0 Å². The molecule has 0 atom stereocenters. The Kier molecular flexibility index (Phi) is 4.82. The maximum Gasteiger partial charge on any atom is 0.154 e. The average Bonchev–Trinajstić information content (AvgIpc) is 1.87. The molecule has 0 N–H and O–H groups in total. The van der Waals surface area contributed by atoms with Crippen molar-refractivity contribution in [3.63, 3.8) is 0 Å². The Hall–Kier alpha value is -0.650. The minimum absolute atomic E-state index is 0.155. The first-order chi connectivity index (χ1) is 4.72. The minimum atomic E-state index is -0.546. The molecule has 10 heavy (non-hydrogen) atoms. The third kappa shape index (κ3) is 3.39. The van der Waals surface area contributed by atoms with Crippen molar-refractivity contribution in [1.82, 2.24) is 0 Å². The fraction of sp³-hybridized carbons (Fsp3) is 0.400. The summed E-state index contributed by atoms with van der Waals surface area (Å²) in [4.78, 5) is 10.6. The van der Waals surface area contributed by atoms with E-state index in [9.17, 15) is 4.79 Å². The molecule has 0 aromatic heterocycles. The molecule has 0 radical (unpaired) electrons. The van der Waals surface area contributed by atoms with Crippen LogP contribution in [0.2, 0.25) is 0 Å². The van der Waals surface area contributed by atoms with E-state index in [2.05, 4.69) is 0 Å². The van der Waals surface area contributed by atoms with Gasteiger partial charge in [0.05, 0.1) is 0 Å². The number of carbonyl (C=O) groups excluding carboxylic acids is 1. The maximum atomic E-state index is 10.6. The number of thioether (sulfide) groups is 2. The normalized spacial score (nSPS) is 8.40. The number of ketones is 1. The molecule has 3 nitrogen and oxygen atoms in total. The van der Waals surface area contributed by atoms with Crippen molar-refractivity contribution in [3.8, 4) is 10.8 Å². The van der Waals surface area contributed by atoms with Gasteiger partial charge in [0, 0.05) is 0 Å². The summed E-state index contributed by atoms with van der Waals surface area (Å²) in [5.74, 6) is -0.155. The van der Waals surface area contributed by atoms with Gasteiger partial charge in [-0.25, -0.2) is 0 Å². The lowest BCUT2D eigenvalue weighted by atomic mass is 10.5. The van der Waals surface area contributed by atoms with Crippen molar-refractivity contribution in [2.24, 2.45) is 0 Å². The third-order valence-corrected chi connectivity index (χ3v) is 2.53. The second-order valence-electron chi connectivity index (χ2n) is 1.36. The molecule has 0 unspecified atom stereocenters. The van der Waals surface area contributed by atoms with Crippen LogP contribution in [0.25, 0.3) is 0 Å². The number of nitrogens with zero attached hydrogens (tertiary/aromatic N) is 2. The number of carbonyl (C=O) groups is 1. The Bertz CT molecular complexity index is 187. The highest BCUT2D eigenvalue weighted by atomic mass is 32.2. The zero-order valence-corrected chi connectivity index (χ0v) is 6.83. The first-order valence-electron chi connectivity index (χ1n) is 2.32. The van der Waals surface area contributed by atoms with Crippen molar-refractivity contribution >= 4 is 29.3 Å². The van der Waals surface area contributed by atoms with Gasteiger partial charge in [-0.2, -0.15) is 10.5 Å². The molecule has 5 heteroatoms. The summed E-state index contributed by atoms with van der Waals surface area (Å²) in [5.41, 5.74) is 0. The quantitative estimate of drug-likeness (QED) is 0.474. The van der Waals surface area contributed by atoms with Gasteiger partial charge in [-0.05, 0) is 30.4 Å². The van der Waals surface area contributed by atoms with E-state index >= 15 is 0 Å². The molecule has 0 aliphatic rings. The Morgan fingerprint density at radius 2 is 1.80 bits per heavy atom. The van der Waals surface area contributed by atoms with Crippen LogP contribution in [0.3, 0.4) is 0 Å². The van der Waals surface area contributed by atoms with Gasteiger partial charge < -0.3 is 0 Å². The number of Topliss-reactive ketones (excluding diaryl/α,β-unsaturated/α-hetero) is 1. The molecule has 52 valence electrons. The second-order valence-corrected chi connectivity index (χ2v) is 3.44. The zero-order valence-electron chi connectivity index (χ0n) is 5.20. The summed E-state index contributed by atoms with van der Waals surface area (Å²) < 4.78 is -0.546. The van der Waals surface area contributed by atoms with Crippen molar-refractivity contribution in [2.45, 2.75) is 11.5 Å². The van der Waals surface area contributed by atoms with Crippen LogP contribution in [-0.2, 0) is 4.79 Å². The van der Waals surface area contributed by atoms with Gasteiger partial charge in [-0.15, -0.1) is 0 Å². The number of thiocyanates is 2. The zero-order chi connectivity index (χ0) is 7.98. The van der Waals surface area contributed by atoms with Crippen molar-refractivity contribution in [1.29, 1.82) is 10.5 Å². The monoisotopic (exact) mass is 172 g/mol. The smallest absolute Gasteiger partial charge is 0.154 e. The standard InChI is InChI=1S/C5H4N2OS2/c1-4(8)5(9-2-6)10-3-7/h5H,1H3. The molecular weight excluding hydrogens is 168 g/mol. The van der Waals surface area contributed by atoms with Gasteiger partial charge >= 0.3 is 0 Å². The van der Waals surface area contributed by atoms with E-state index in [4.69, 9.17) is 10.5 Å². The van der Waals surface area contributed by atoms with E-state index in [1.54, 1.807) is 10.8 Å². The van der Waals surface area contributed by atoms with E-state index in [-0.39, 0.29) is 5.78 Å². The van der Waals surface area contributed by atoms with Crippen LogP contribution >= 0.6 is 23.5 Å². The van der Waals surface area contributed by atoms with Crippen LogP contribution in [0.15, 0.2) is 0 Å². The molecule has 0 saturated heterocycles. The largest absolute Gasteiger partial charge is 0.298 e. The lowest BCUT2D eigenvalue weighted by molar-refractivity contribution is -0.115. The first kappa shape index (κ1) is 9.35. The van der Waals surface area contributed by atoms with Gasteiger partial charge in [-0.3, -0.25) is 4.79 Å². The van der Waals surface area contributed by atoms with Crippen LogP contribution in [0, 0.1) is 21.3 Å². The van der Waals surface area contributed by atoms with Gasteiger partial charge in [0.15, 0.2) is 5.78 Å². The maximum absolute atomic E-state index is 10.6. The van der Waals surface area contributed by atoms with Crippen molar-refractivity contribution < 1.29 is 4.79 Å². The van der Waals surface area contributed by atoms with Crippen LogP contribution in [0.4, 0.5) is 0 Å². The molecular formula is C5H4N2OS2. The van der Waals surface area contributed by atoms with Gasteiger partial charge in [0.2, 0.25) is 0 Å². The van der Waals surface area contributed by atoms with E-state index in [1.165, 1.54) is 6.92 Å². The van der Waals surface area contributed by atoms with Crippen LogP contribution in [-0.4, -0.2) is 10.4 Å². The topological polar surface area (TPSA) is 64.7 Å². The highest BCUT2D eigenvalue weighted by Gasteiger charge is 2.14. The molecule has 0 heterocycles. The van der Waals surface area contributed by atoms with E-state index < -0.39 is 4.58 Å². The van der Waals surface area contributed by atoms with Gasteiger partial charge in [-0.1, -0.05) is 0 Å². The fourth-order valence-corrected chi connectivity index (χ4v) is 1.26. The Morgan fingerprint density at radius 1 is 1.40 bits per heavy atom. The number of hydrogen-bond donors (Lipinski definition) is 0. The van der Waals surface area contributed by atoms with E-state index in [0.29, 0.717) is 0 Å². The lowest BCUT2D eigenvalue weighted by Gasteiger charge is -1.99. The predicted octanol–water partition coefficient (Wildman–Crippen LogP) is 1.33. The van der Waals surface area contributed by atoms with Crippen LogP contribution in [0.1, 0.15) is 6.92 Å². The Morgan fingerprint density at radius 3 is 2.00 bits per heavy atom. The highest BCUT2D eigenvalue weighted by Crippen LogP contribution is 2.21. The summed E-state index contributed by atoms with van der Waals surface area (Å²) in [6, 6.07) is 0. The summed E-state index contributed by atoms with van der Waals surface area (Å²) in [5, 5.41) is 19.8. The Balaban J connectivity index is 3.90. The first-order valence-corrected chi connectivity index (χ1v) is 4.08. The van der Waals surface area contributed by atoms with Gasteiger partial charge in [0.1, 0.15) is 15.4 Å². The molecule has 0 fully saturated rings. The minimum Gasteiger partial charge on any atom is -0.298 e. The number of rotatable bonds is 3. The highest BCUT2D eigenvalue weighted by molar-refractivity contribution is 8.22. The number of hydrogen-bond acceptors (Lipinski definition) is 5. The van der Waals surface area contributed by atoms with E-state index in [1.807, 2.05) is 0 Å². The molecule has 0 aromatic carbocycles. The fourth-order valence-electron chi connectivity index (χ4n) is 0.286. The van der Waals surface area contributed by atoms with E-state index in [0.717, 1.165) is 23.5 Å². The summed E-state index contributed by atoms with van der Waals surface area (Å²) in [6.07, 6.45) is 0. The molecule has 0 bridgehead atoms. The molecule has 0 aliphatic heterocycles. The summed E-state index contributed by atoms with van der Waals surface area (Å²) in [7, 11) is 0. The second kappa shape index (κ2) is 5.16. The van der Waals surface area contributed by atoms with Crippen molar-refractivity contribution in [3.05, 3.63) is 0 Å². The SMILES string of the molecule is CC(=O)C(SC#N)SC#N. The van der Waals surface area contributed by atoms with Crippen LogP contribution < -0.4 is 0 Å². The number of nitriles is 2. The molecule has 0 aromatic rings. The van der Waals surface area contributed by atoms with Gasteiger partial charge in [0.25, 0.3) is 0 Å². The predicted molar refractivity (Wildman–Crippen MR) is 40.9 cm³/mol. The Labute approximate surface area is 67.4 Å². The lowest BCUT2D eigenvalue weighted by Crippen LogP contribution is -2.06. The molecule has 0 spiro atoms.